The summed E-state index contributed by atoms with van der Waals surface area (Å²) in [6, 6.07) is 4.49. The molecule has 0 saturated carbocycles. The number of rotatable bonds is 4. The molecule has 104 valence electrons. The number of halogens is 1. The summed E-state index contributed by atoms with van der Waals surface area (Å²) in [5, 5.41) is 8.74. The topological polar surface area (TPSA) is 57.6 Å². The zero-order valence-corrected chi connectivity index (χ0v) is 12.4. The summed E-state index contributed by atoms with van der Waals surface area (Å²) in [5.74, 6) is 5.16. The smallest absolute Gasteiger partial charge is 0.244 e. The van der Waals surface area contributed by atoms with Gasteiger partial charge in [0.05, 0.1) is 5.02 Å². The van der Waals surface area contributed by atoms with E-state index in [0.717, 1.165) is 6.42 Å². The maximum atomic E-state index is 12.2. The lowest BCUT2D eigenvalue weighted by atomic mass is 10.2. The second kappa shape index (κ2) is 6.92. The maximum Gasteiger partial charge on any atom is 0.244 e. The van der Waals surface area contributed by atoms with Crippen molar-refractivity contribution in [3.8, 4) is 11.8 Å². The zero-order chi connectivity index (χ0) is 14.5. The van der Waals surface area contributed by atoms with E-state index in [4.69, 9.17) is 16.7 Å². The highest BCUT2D eigenvalue weighted by molar-refractivity contribution is 7.89. The van der Waals surface area contributed by atoms with Crippen molar-refractivity contribution >= 4 is 21.6 Å². The van der Waals surface area contributed by atoms with Gasteiger partial charge in [-0.1, -0.05) is 30.4 Å². The van der Waals surface area contributed by atoms with Crippen molar-refractivity contribution in [1.82, 2.24) is 4.31 Å². The molecule has 4 nitrogen and oxygen atoms in total. The maximum absolute atomic E-state index is 12.2. The van der Waals surface area contributed by atoms with E-state index in [1.807, 2.05) is 6.92 Å². The third-order valence-electron chi connectivity index (χ3n) is 2.47. The van der Waals surface area contributed by atoms with Crippen LogP contribution in [0.25, 0.3) is 0 Å². The van der Waals surface area contributed by atoms with Crippen LogP contribution in [-0.2, 0) is 10.0 Å². The molecule has 0 saturated heterocycles. The molecule has 0 heterocycles. The Morgan fingerprint density at radius 3 is 2.63 bits per heavy atom. The summed E-state index contributed by atoms with van der Waals surface area (Å²) < 4.78 is 25.7. The first kappa shape index (κ1) is 16.0. The second-order valence-corrected chi connectivity index (χ2v) is 6.35. The molecule has 1 aromatic rings. The number of nitrogens with zero attached hydrogens (tertiary/aromatic N) is 1. The average Bonchev–Trinajstić information content (AvgIpc) is 2.36. The van der Waals surface area contributed by atoms with E-state index in [1.54, 1.807) is 6.07 Å². The molecule has 0 radical (unpaired) electrons. The van der Waals surface area contributed by atoms with Crippen molar-refractivity contribution in [2.75, 3.05) is 20.2 Å². The fraction of sp³-hybridized carbons (Fsp3) is 0.385. The van der Waals surface area contributed by atoms with Crippen LogP contribution in [-0.4, -0.2) is 38.0 Å². The molecule has 0 aliphatic heterocycles. The quantitative estimate of drug-likeness (QED) is 0.862. The van der Waals surface area contributed by atoms with Crippen molar-refractivity contribution in [3.63, 3.8) is 0 Å². The number of sulfonamides is 1. The molecule has 0 amide bonds. The molecule has 19 heavy (non-hydrogen) atoms. The molecule has 1 rings (SSSR count). The van der Waals surface area contributed by atoms with Gasteiger partial charge in [-0.15, -0.1) is 0 Å². The lowest BCUT2D eigenvalue weighted by molar-refractivity contribution is 0.350. The Morgan fingerprint density at radius 2 is 2.11 bits per heavy atom. The van der Waals surface area contributed by atoms with E-state index >= 15 is 0 Å². The molecule has 0 aliphatic carbocycles. The van der Waals surface area contributed by atoms with Crippen LogP contribution >= 0.6 is 11.6 Å². The Kier molecular flexibility index (Phi) is 5.83. The number of aliphatic hydroxyl groups is 1. The van der Waals surface area contributed by atoms with Gasteiger partial charge in [0.1, 0.15) is 11.5 Å². The Balaban J connectivity index is 3.16. The minimum Gasteiger partial charge on any atom is -0.384 e. The normalized spacial score (nSPS) is 11.2. The van der Waals surface area contributed by atoms with E-state index in [2.05, 4.69) is 11.8 Å². The first-order chi connectivity index (χ1) is 8.93. The predicted molar refractivity (Wildman–Crippen MR) is 75.5 cm³/mol. The molecule has 0 bridgehead atoms. The van der Waals surface area contributed by atoms with Crippen LogP contribution in [0.15, 0.2) is 23.1 Å². The Morgan fingerprint density at radius 1 is 1.42 bits per heavy atom. The lowest BCUT2D eigenvalue weighted by Gasteiger charge is -2.17. The summed E-state index contributed by atoms with van der Waals surface area (Å²) in [6.45, 7) is 2.09. The Bertz CT molecular complexity index is 602. The number of aliphatic hydroxyl groups excluding tert-OH is 1. The minimum absolute atomic E-state index is 0.0691. The summed E-state index contributed by atoms with van der Waals surface area (Å²) in [6.07, 6.45) is 0.730. The van der Waals surface area contributed by atoms with E-state index < -0.39 is 10.0 Å². The number of hydrogen-bond donors (Lipinski definition) is 1. The first-order valence-electron chi connectivity index (χ1n) is 5.79. The molecule has 0 aliphatic rings. The van der Waals surface area contributed by atoms with Gasteiger partial charge in [0.2, 0.25) is 10.0 Å². The summed E-state index contributed by atoms with van der Waals surface area (Å²) in [7, 11) is -2.04. The van der Waals surface area contributed by atoms with Crippen LogP contribution in [0.3, 0.4) is 0 Å². The van der Waals surface area contributed by atoms with Crippen LogP contribution in [0.2, 0.25) is 5.02 Å². The van der Waals surface area contributed by atoms with Crippen molar-refractivity contribution in [2.45, 2.75) is 18.2 Å². The standard InChI is InChI=1S/C13H16ClNO3S/c1-3-8-15(2)19(17,18)13-7-6-11(5-4-9-16)10-12(13)14/h6-7,10,16H,3,8-9H2,1-2H3. The van der Waals surface area contributed by atoms with Crippen LogP contribution in [0.4, 0.5) is 0 Å². The number of benzene rings is 1. The second-order valence-electron chi connectivity index (χ2n) is 3.93. The van der Waals surface area contributed by atoms with Gasteiger partial charge in [-0.3, -0.25) is 0 Å². The third kappa shape index (κ3) is 3.95. The molecule has 0 aromatic heterocycles. The van der Waals surface area contributed by atoms with Gasteiger partial charge in [-0.05, 0) is 24.6 Å². The lowest BCUT2D eigenvalue weighted by Crippen LogP contribution is -2.27. The molecule has 0 atom stereocenters. The summed E-state index contributed by atoms with van der Waals surface area (Å²) in [5.41, 5.74) is 0.566. The monoisotopic (exact) mass is 301 g/mol. The highest BCUT2D eigenvalue weighted by Gasteiger charge is 2.22. The third-order valence-corrected chi connectivity index (χ3v) is 4.81. The molecule has 6 heteroatoms. The largest absolute Gasteiger partial charge is 0.384 e. The minimum atomic E-state index is -3.57. The van der Waals surface area contributed by atoms with Crippen LogP contribution < -0.4 is 0 Å². The van der Waals surface area contributed by atoms with Crippen LogP contribution in [0, 0.1) is 11.8 Å². The number of hydrogen-bond acceptors (Lipinski definition) is 3. The Hall–Kier alpha value is -1.06. The van der Waals surface area contributed by atoms with Crippen molar-refractivity contribution < 1.29 is 13.5 Å². The van der Waals surface area contributed by atoms with Gasteiger partial charge in [0.15, 0.2) is 0 Å². The molecule has 1 aromatic carbocycles. The van der Waals surface area contributed by atoms with E-state index in [0.29, 0.717) is 12.1 Å². The first-order valence-corrected chi connectivity index (χ1v) is 7.61. The van der Waals surface area contributed by atoms with E-state index in [9.17, 15) is 8.42 Å². The van der Waals surface area contributed by atoms with Crippen molar-refractivity contribution in [2.24, 2.45) is 0 Å². The van der Waals surface area contributed by atoms with Crippen LogP contribution in [0.1, 0.15) is 18.9 Å². The fourth-order valence-electron chi connectivity index (χ4n) is 1.53. The molecule has 0 spiro atoms. The van der Waals surface area contributed by atoms with E-state index in [1.165, 1.54) is 23.5 Å². The summed E-state index contributed by atoms with van der Waals surface area (Å²) >= 11 is 6.00. The van der Waals surface area contributed by atoms with Gasteiger partial charge < -0.3 is 5.11 Å². The van der Waals surface area contributed by atoms with E-state index in [-0.39, 0.29) is 16.5 Å². The fourth-order valence-corrected chi connectivity index (χ4v) is 3.31. The highest BCUT2D eigenvalue weighted by Crippen LogP contribution is 2.25. The molecule has 0 unspecified atom stereocenters. The molecular weight excluding hydrogens is 286 g/mol. The van der Waals surface area contributed by atoms with Crippen molar-refractivity contribution in [3.05, 3.63) is 28.8 Å². The molecular formula is C13H16ClNO3S. The highest BCUT2D eigenvalue weighted by atomic mass is 35.5. The Labute approximate surface area is 119 Å². The molecule has 1 N–H and O–H groups in total. The van der Waals surface area contributed by atoms with Gasteiger partial charge in [-0.2, -0.15) is 0 Å². The van der Waals surface area contributed by atoms with Crippen molar-refractivity contribution in [1.29, 1.82) is 0 Å². The van der Waals surface area contributed by atoms with Gasteiger partial charge >= 0.3 is 0 Å². The van der Waals surface area contributed by atoms with Crippen LogP contribution in [0.5, 0.6) is 0 Å². The van der Waals surface area contributed by atoms with Gasteiger partial charge in [0, 0.05) is 19.2 Å². The SMILES string of the molecule is CCCN(C)S(=O)(=O)c1ccc(C#CCO)cc1Cl. The summed E-state index contributed by atoms with van der Waals surface area (Å²) in [4.78, 5) is 0.0691. The zero-order valence-electron chi connectivity index (χ0n) is 10.9. The van der Waals surface area contributed by atoms with Gasteiger partial charge in [0.25, 0.3) is 0 Å². The average molecular weight is 302 g/mol. The molecule has 0 fully saturated rings. The predicted octanol–water partition coefficient (Wildman–Crippen LogP) is 1.71. The van der Waals surface area contributed by atoms with Gasteiger partial charge in [-0.25, -0.2) is 12.7 Å².